The summed E-state index contributed by atoms with van der Waals surface area (Å²) in [6, 6.07) is 6.04. The highest BCUT2D eigenvalue weighted by Crippen LogP contribution is 2.21. The molecule has 1 aliphatic heterocycles. The van der Waals surface area contributed by atoms with Crippen LogP contribution in [0.15, 0.2) is 24.3 Å². The number of nitrogens with one attached hydrogen (secondary N) is 1. The number of fused-ring (bicyclic) bond motifs is 1. The van der Waals surface area contributed by atoms with Crippen molar-refractivity contribution < 1.29 is 23.9 Å². The quantitative estimate of drug-likeness (QED) is 0.617. The van der Waals surface area contributed by atoms with Crippen LogP contribution in [0, 0.1) is 0 Å². The molecule has 0 saturated carbocycles. The number of ether oxygens (including phenoxy) is 1. The van der Waals surface area contributed by atoms with E-state index in [0.717, 1.165) is 4.90 Å². The number of rotatable bonds is 6. The van der Waals surface area contributed by atoms with Crippen molar-refractivity contribution in [1.82, 2.24) is 10.2 Å². The maximum absolute atomic E-state index is 12.2. The molecule has 1 atom stereocenters. The largest absolute Gasteiger partial charge is 0.469 e. The number of methoxy groups -OCH3 is 1. The molecule has 1 unspecified atom stereocenters. The third-order valence-corrected chi connectivity index (χ3v) is 3.68. The SMILES string of the molecule is CCC(CC(=O)OC)NC(=O)CN1C(=O)c2ccccc2C1=O. The number of nitrogens with zero attached hydrogens (tertiary/aromatic N) is 1. The molecule has 2 rings (SSSR count). The van der Waals surface area contributed by atoms with E-state index in [2.05, 4.69) is 10.1 Å². The number of hydrogen-bond donors (Lipinski definition) is 1. The Hall–Kier alpha value is -2.70. The van der Waals surface area contributed by atoms with E-state index in [1.54, 1.807) is 24.3 Å². The monoisotopic (exact) mass is 318 g/mol. The second kappa shape index (κ2) is 7.04. The van der Waals surface area contributed by atoms with Crippen LogP contribution in [-0.2, 0) is 14.3 Å². The Bertz CT molecular complexity index is 621. The number of carbonyl (C=O) groups excluding carboxylic acids is 4. The molecular formula is C16H18N2O5. The zero-order valence-electron chi connectivity index (χ0n) is 13.0. The molecule has 23 heavy (non-hydrogen) atoms. The van der Waals surface area contributed by atoms with Gasteiger partial charge in [-0.25, -0.2) is 0 Å². The molecule has 1 heterocycles. The van der Waals surface area contributed by atoms with Gasteiger partial charge in [-0.3, -0.25) is 24.1 Å². The molecule has 0 aliphatic carbocycles. The molecule has 122 valence electrons. The maximum atomic E-state index is 12.2. The summed E-state index contributed by atoms with van der Waals surface area (Å²) in [6.45, 7) is 1.44. The molecule has 0 aromatic heterocycles. The van der Waals surface area contributed by atoms with Crippen LogP contribution in [0.25, 0.3) is 0 Å². The zero-order chi connectivity index (χ0) is 17.0. The summed E-state index contributed by atoms with van der Waals surface area (Å²) in [5, 5.41) is 2.64. The normalized spacial score (nSPS) is 14.4. The fourth-order valence-corrected chi connectivity index (χ4v) is 2.38. The maximum Gasteiger partial charge on any atom is 0.307 e. The lowest BCUT2D eigenvalue weighted by molar-refractivity contribution is -0.141. The first-order chi connectivity index (χ1) is 11.0. The van der Waals surface area contributed by atoms with Gasteiger partial charge < -0.3 is 10.1 Å². The number of amides is 3. The smallest absolute Gasteiger partial charge is 0.307 e. The van der Waals surface area contributed by atoms with Gasteiger partial charge in [0.1, 0.15) is 6.54 Å². The first-order valence-electron chi connectivity index (χ1n) is 7.29. The molecular weight excluding hydrogens is 300 g/mol. The Labute approximate surface area is 133 Å². The van der Waals surface area contributed by atoms with Crippen LogP contribution < -0.4 is 5.32 Å². The van der Waals surface area contributed by atoms with Crippen LogP contribution in [0.1, 0.15) is 40.5 Å². The third kappa shape index (κ3) is 3.56. The molecule has 0 radical (unpaired) electrons. The van der Waals surface area contributed by atoms with Crippen LogP contribution in [0.4, 0.5) is 0 Å². The number of imide groups is 1. The van der Waals surface area contributed by atoms with Gasteiger partial charge in [0.25, 0.3) is 11.8 Å². The van der Waals surface area contributed by atoms with Gasteiger partial charge in [-0.15, -0.1) is 0 Å². The number of benzene rings is 1. The summed E-state index contributed by atoms with van der Waals surface area (Å²) >= 11 is 0. The van der Waals surface area contributed by atoms with E-state index in [4.69, 9.17) is 0 Å². The molecule has 3 amide bonds. The first-order valence-corrected chi connectivity index (χ1v) is 7.29. The summed E-state index contributed by atoms with van der Waals surface area (Å²) < 4.78 is 4.57. The van der Waals surface area contributed by atoms with Gasteiger partial charge in [0.2, 0.25) is 5.91 Å². The second-order valence-electron chi connectivity index (χ2n) is 5.19. The molecule has 0 spiro atoms. The zero-order valence-corrected chi connectivity index (χ0v) is 13.0. The molecule has 0 saturated heterocycles. The van der Waals surface area contributed by atoms with Gasteiger partial charge in [-0.2, -0.15) is 0 Å². The van der Waals surface area contributed by atoms with Crippen LogP contribution >= 0.6 is 0 Å². The van der Waals surface area contributed by atoms with Gasteiger partial charge >= 0.3 is 5.97 Å². The summed E-state index contributed by atoms with van der Waals surface area (Å²) in [6.07, 6.45) is 0.573. The summed E-state index contributed by atoms with van der Waals surface area (Å²) in [5.41, 5.74) is 0.596. The van der Waals surface area contributed by atoms with E-state index in [-0.39, 0.29) is 13.0 Å². The summed E-state index contributed by atoms with van der Waals surface area (Å²) in [7, 11) is 1.27. The molecule has 0 fully saturated rings. The molecule has 0 bridgehead atoms. The summed E-state index contributed by atoms with van der Waals surface area (Å²) in [4.78, 5) is 48.6. The average Bonchev–Trinajstić information content (AvgIpc) is 2.79. The second-order valence-corrected chi connectivity index (χ2v) is 5.19. The predicted molar refractivity (Wildman–Crippen MR) is 80.7 cm³/mol. The molecule has 1 N–H and O–H groups in total. The molecule has 7 nitrogen and oxygen atoms in total. The Morgan fingerprint density at radius 2 is 1.74 bits per heavy atom. The minimum absolute atomic E-state index is 0.0425. The van der Waals surface area contributed by atoms with Crippen molar-refractivity contribution in [3.8, 4) is 0 Å². The van der Waals surface area contributed by atoms with Crippen LogP contribution in [0.5, 0.6) is 0 Å². The van der Waals surface area contributed by atoms with E-state index < -0.39 is 29.7 Å². The van der Waals surface area contributed by atoms with E-state index in [1.165, 1.54) is 7.11 Å². The van der Waals surface area contributed by atoms with Crippen molar-refractivity contribution in [1.29, 1.82) is 0 Å². The van der Waals surface area contributed by atoms with E-state index in [0.29, 0.717) is 17.5 Å². The van der Waals surface area contributed by atoms with Crippen molar-refractivity contribution >= 4 is 23.7 Å². The van der Waals surface area contributed by atoms with Crippen molar-refractivity contribution in [3.63, 3.8) is 0 Å². The van der Waals surface area contributed by atoms with Gasteiger partial charge in [0.15, 0.2) is 0 Å². The summed E-state index contributed by atoms with van der Waals surface area (Å²) in [5.74, 6) is -1.89. The van der Waals surface area contributed by atoms with E-state index in [1.807, 2.05) is 6.92 Å². The minimum atomic E-state index is -0.491. The number of carbonyl (C=O) groups is 4. The first kappa shape index (κ1) is 16.7. The predicted octanol–water partition coefficient (Wildman–Crippen LogP) is 0.740. The van der Waals surface area contributed by atoms with Gasteiger partial charge in [0.05, 0.1) is 24.7 Å². The van der Waals surface area contributed by atoms with E-state index in [9.17, 15) is 19.2 Å². The van der Waals surface area contributed by atoms with Crippen molar-refractivity contribution in [3.05, 3.63) is 35.4 Å². The van der Waals surface area contributed by atoms with Crippen molar-refractivity contribution in [2.24, 2.45) is 0 Å². The van der Waals surface area contributed by atoms with Crippen LogP contribution in [0.2, 0.25) is 0 Å². The van der Waals surface area contributed by atoms with Gasteiger partial charge in [-0.05, 0) is 18.6 Å². The van der Waals surface area contributed by atoms with Gasteiger partial charge in [0, 0.05) is 6.04 Å². The van der Waals surface area contributed by atoms with Gasteiger partial charge in [-0.1, -0.05) is 19.1 Å². The topological polar surface area (TPSA) is 92.8 Å². The standard InChI is InChI=1S/C16H18N2O5/c1-3-10(8-14(20)23-2)17-13(19)9-18-15(21)11-6-4-5-7-12(11)16(18)22/h4-7,10H,3,8-9H2,1-2H3,(H,17,19). The highest BCUT2D eigenvalue weighted by Gasteiger charge is 2.36. The minimum Gasteiger partial charge on any atom is -0.469 e. The molecule has 7 heteroatoms. The Morgan fingerprint density at radius 1 is 1.17 bits per heavy atom. The van der Waals surface area contributed by atoms with Crippen LogP contribution in [-0.4, -0.2) is 48.3 Å². The average molecular weight is 318 g/mol. The Morgan fingerprint density at radius 3 is 2.22 bits per heavy atom. The van der Waals surface area contributed by atoms with Crippen LogP contribution in [0.3, 0.4) is 0 Å². The van der Waals surface area contributed by atoms with E-state index >= 15 is 0 Å². The number of esters is 1. The Balaban J connectivity index is 2.00. The highest BCUT2D eigenvalue weighted by molar-refractivity contribution is 6.22. The molecule has 1 aromatic rings. The fraction of sp³-hybridized carbons (Fsp3) is 0.375. The highest BCUT2D eigenvalue weighted by atomic mass is 16.5. The lowest BCUT2D eigenvalue weighted by atomic mass is 10.1. The third-order valence-electron chi connectivity index (χ3n) is 3.68. The lowest BCUT2D eigenvalue weighted by Gasteiger charge is -2.18. The molecule has 1 aliphatic rings. The lowest BCUT2D eigenvalue weighted by Crippen LogP contribution is -2.44. The Kier molecular flexibility index (Phi) is 5.10. The van der Waals surface area contributed by atoms with Crippen molar-refractivity contribution in [2.75, 3.05) is 13.7 Å². The van der Waals surface area contributed by atoms with Crippen molar-refractivity contribution in [2.45, 2.75) is 25.8 Å². The number of hydrogen-bond acceptors (Lipinski definition) is 5. The fourth-order valence-electron chi connectivity index (χ4n) is 2.38. The molecule has 1 aromatic carbocycles.